The number of anilines is 1. The molecule has 1 aliphatic carbocycles. The lowest BCUT2D eigenvalue weighted by molar-refractivity contribution is -0.140. The number of carbonyl (C=O) groups excluding carboxylic acids is 2. The Morgan fingerprint density at radius 1 is 0.830 bits per heavy atom. The highest BCUT2D eigenvalue weighted by atomic mass is 35.5. The summed E-state index contributed by atoms with van der Waals surface area (Å²) >= 11 is 6.26. The Morgan fingerprint density at radius 3 is 2.06 bits per heavy atom. The second-order valence-corrected chi connectivity index (χ2v) is 14.8. The predicted molar refractivity (Wildman–Crippen MR) is 188 cm³/mol. The fourth-order valence-corrected chi connectivity index (χ4v) is 7.77. The average molecular weight is 672 g/mol. The molecule has 4 aromatic rings. The van der Waals surface area contributed by atoms with Crippen molar-refractivity contribution in [2.75, 3.05) is 10.8 Å². The van der Waals surface area contributed by atoms with Crippen molar-refractivity contribution in [1.29, 1.82) is 0 Å². The van der Waals surface area contributed by atoms with Crippen molar-refractivity contribution in [1.82, 2.24) is 10.2 Å². The third kappa shape index (κ3) is 8.62. The SMILES string of the molecule is Cc1ccc(CN(C(=O)CN(c2ccc(Cl)cc2C)S(=O)(=O)c2ccc(C)cc2)C(Cc2ccccc2)C(=O)NC2CCCC2)cc1. The molecular weight excluding hydrogens is 630 g/mol. The molecule has 0 spiro atoms. The molecule has 1 fully saturated rings. The number of hydrogen-bond acceptors (Lipinski definition) is 4. The molecule has 0 aromatic heterocycles. The van der Waals surface area contributed by atoms with Crippen molar-refractivity contribution >= 4 is 39.1 Å². The quantitative estimate of drug-likeness (QED) is 0.173. The average Bonchev–Trinajstić information content (AvgIpc) is 3.56. The molecule has 1 atom stereocenters. The maximum Gasteiger partial charge on any atom is 0.264 e. The Hall–Kier alpha value is -4.14. The summed E-state index contributed by atoms with van der Waals surface area (Å²) in [7, 11) is -4.19. The highest BCUT2D eigenvalue weighted by Crippen LogP contribution is 2.30. The summed E-state index contributed by atoms with van der Waals surface area (Å²) in [6.07, 6.45) is 4.17. The maximum absolute atomic E-state index is 14.7. The number of rotatable bonds is 12. The number of halogens is 1. The predicted octanol–water partition coefficient (Wildman–Crippen LogP) is 7.16. The van der Waals surface area contributed by atoms with E-state index in [1.165, 1.54) is 0 Å². The van der Waals surface area contributed by atoms with E-state index in [4.69, 9.17) is 11.6 Å². The van der Waals surface area contributed by atoms with Crippen molar-refractivity contribution in [3.05, 3.63) is 130 Å². The normalized spacial score (nSPS) is 14.0. The standard InChI is InChI=1S/C38H42ClN3O4S/c1-27-13-17-31(18-14-27)25-41(36(24-30-9-5-4-6-10-30)38(44)40-33-11-7-8-12-33)37(43)26-42(35-22-19-32(39)23-29(35)3)47(45,46)34-20-15-28(2)16-21-34/h4-6,9-10,13-23,33,36H,7-8,11-12,24-26H2,1-3H3,(H,40,44). The number of sulfonamides is 1. The van der Waals surface area contributed by atoms with Gasteiger partial charge in [0.25, 0.3) is 10.0 Å². The number of aryl methyl sites for hydroxylation is 3. The first-order valence-electron chi connectivity index (χ1n) is 16.1. The van der Waals surface area contributed by atoms with E-state index in [0.717, 1.165) is 52.2 Å². The van der Waals surface area contributed by atoms with Crippen molar-refractivity contribution in [3.8, 4) is 0 Å². The molecular formula is C38H42ClN3O4S. The number of hydrogen-bond donors (Lipinski definition) is 1. The minimum Gasteiger partial charge on any atom is -0.352 e. The van der Waals surface area contributed by atoms with Crippen LogP contribution in [0.25, 0.3) is 0 Å². The van der Waals surface area contributed by atoms with Crippen LogP contribution in [0, 0.1) is 20.8 Å². The van der Waals surface area contributed by atoms with Crippen LogP contribution in [0.2, 0.25) is 5.02 Å². The van der Waals surface area contributed by atoms with E-state index in [0.29, 0.717) is 16.3 Å². The van der Waals surface area contributed by atoms with Gasteiger partial charge in [0.15, 0.2) is 0 Å². The van der Waals surface area contributed by atoms with Gasteiger partial charge in [0.05, 0.1) is 10.6 Å². The fraction of sp³-hybridized carbons (Fsp3) is 0.316. The Labute approximate surface area is 283 Å². The van der Waals surface area contributed by atoms with Crippen LogP contribution < -0.4 is 9.62 Å². The molecule has 4 aromatic carbocycles. The lowest BCUT2D eigenvalue weighted by Gasteiger charge is -2.34. The Morgan fingerprint density at radius 2 is 1.45 bits per heavy atom. The monoisotopic (exact) mass is 671 g/mol. The third-order valence-corrected chi connectivity index (χ3v) is 10.8. The molecule has 246 valence electrons. The van der Waals surface area contributed by atoms with Crippen LogP contribution in [0.3, 0.4) is 0 Å². The minimum absolute atomic E-state index is 0.0484. The van der Waals surface area contributed by atoms with Gasteiger partial charge in [-0.05, 0) is 80.6 Å². The summed E-state index contributed by atoms with van der Waals surface area (Å²) in [6, 6.07) is 28.1. The van der Waals surface area contributed by atoms with Gasteiger partial charge in [-0.2, -0.15) is 0 Å². The number of amides is 2. The number of nitrogens with zero attached hydrogens (tertiary/aromatic N) is 2. The van der Waals surface area contributed by atoms with E-state index in [9.17, 15) is 18.0 Å². The van der Waals surface area contributed by atoms with Gasteiger partial charge >= 0.3 is 0 Å². The number of nitrogens with one attached hydrogen (secondary N) is 1. The van der Waals surface area contributed by atoms with Crippen molar-refractivity contribution in [3.63, 3.8) is 0 Å². The highest BCUT2D eigenvalue weighted by Gasteiger charge is 2.36. The van der Waals surface area contributed by atoms with Gasteiger partial charge in [-0.25, -0.2) is 8.42 Å². The van der Waals surface area contributed by atoms with Crippen LogP contribution in [0.5, 0.6) is 0 Å². The number of carbonyl (C=O) groups is 2. The zero-order chi connectivity index (χ0) is 33.6. The Kier molecular flexibility index (Phi) is 11.0. The molecule has 1 N–H and O–H groups in total. The smallest absolute Gasteiger partial charge is 0.264 e. The van der Waals surface area contributed by atoms with E-state index in [1.54, 1.807) is 54.3 Å². The van der Waals surface area contributed by atoms with E-state index in [1.807, 2.05) is 68.4 Å². The second-order valence-electron chi connectivity index (χ2n) is 12.5. The summed E-state index contributed by atoms with van der Waals surface area (Å²) in [4.78, 5) is 30.4. The van der Waals surface area contributed by atoms with Gasteiger partial charge in [0.1, 0.15) is 12.6 Å². The zero-order valence-electron chi connectivity index (χ0n) is 27.2. The lowest BCUT2D eigenvalue weighted by Crippen LogP contribution is -2.54. The topological polar surface area (TPSA) is 86.8 Å². The molecule has 0 aliphatic heterocycles. The van der Waals surface area contributed by atoms with E-state index in [-0.39, 0.29) is 29.8 Å². The van der Waals surface area contributed by atoms with Crippen LogP contribution in [0.15, 0.2) is 102 Å². The Balaban J connectivity index is 1.58. The van der Waals surface area contributed by atoms with Gasteiger partial charge in [-0.3, -0.25) is 13.9 Å². The van der Waals surface area contributed by atoms with Crippen LogP contribution in [-0.4, -0.2) is 43.8 Å². The second kappa shape index (κ2) is 15.2. The third-order valence-electron chi connectivity index (χ3n) is 8.76. The summed E-state index contributed by atoms with van der Waals surface area (Å²) < 4.78 is 29.7. The summed E-state index contributed by atoms with van der Waals surface area (Å²) in [6.45, 7) is 5.26. The van der Waals surface area contributed by atoms with Crippen LogP contribution in [0.1, 0.15) is 53.5 Å². The molecule has 47 heavy (non-hydrogen) atoms. The van der Waals surface area contributed by atoms with Crippen LogP contribution in [0.4, 0.5) is 5.69 Å². The first kappa shape index (κ1) is 34.2. The lowest BCUT2D eigenvalue weighted by atomic mass is 10.0. The van der Waals surface area contributed by atoms with Gasteiger partial charge in [0.2, 0.25) is 11.8 Å². The van der Waals surface area contributed by atoms with Crippen molar-refractivity contribution < 1.29 is 18.0 Å². The van der Waals surface area contributed by atoms with Crippen LogP contribution >= 0.6 is 11.6 Å². The molecule has 1 saturated carbocycles. The molecule has 0 bridgehead atoms. The zero-order valence-corrected chi connectivity index (χ0v) is 28.7. The maximum atomic E-state index is 14.7. The van der Waals surface area contributed by atoms with Gasteiger partial charge in [0, 0.05) is 24.0 Å². The largest absolute Gasteiger partial charge is 0.352 e. The summed E-state index contributed by atoms with van der Waals surface area (Å²) in [5, 5.41) is 3.67. The minimum atomic E-state index is -4.19. The van der Waals surface area contributed by atoms with Gasteiger partial charge in [-0.1, -0.05) is 102 Å². The number of benzene rings is 4. The first-order chi connectivity index (χ1) is 22.5. The molecule has 1 aliphatic rings. The summed E-state index contributed by atoms with van der Waals surface area (Å²) in [5.74, 6) is -0.727. The molecule has 0 heterocycles. The van der Waals surface area contributed by atoms with E-state index >= 15 is 0 Å². The van der Waals surface area contributed by atoms with E-state index < -0.39 is 28.5 Å². The molecule has 0 radical (unpaired) electrons. The molecule has 5 rings (SSSR count). The fourth-order valence-electron chi connectivity index (χ4n) is 6.06. The van der Waals surface area contributed by atoms with Crippen molar-refractivity contribution in [2.24, 2.45) is 0 Å². The van der Waals surface area contributed by atoms with Crippen LogP contribution in [-0.2, 0) is 32.6 Å². The summed E-state index contributed by atoms with van der Waals surface area (Å²) in [5.41, 5.74) is 4.67. The molecule has 7 nitrogen and oxygen atoms in total. The molecule has 9 heteroatoms. The van der Waals surface area contributed by atoms with E-state index in [2.05, 4.69) is 5.32 Å². The molecule has 0 saturated heterocycles. The van der Waals surface area contributed by atoms with Gasteiger partial charge in [-0.15, -0.1) is 0 Å². The highest BCUT2D eigenvalue weighted by molar-refractivity contribution is 7.92. The molecule has 2 amide bonds. The van der Waals surface area contributed by atoms with Gasteiger partial charge < -0.3 is 10.2 Å². The molecule has 1 unspecified atom stereocenters. The first-order valence-corrected chi connectivity index (χ1v) is 17.9. The Bertz CT molecular complexity index is 1790. The van der Waals surface area contributed by atoms with Crippen molar-refractivity contribution in [2.45, 2.75) is 76.4 Å².